The van der Waals surface area contributed by atoms with E-state index in [1.807, 2.05) is 31.2 Å². The summed E-state index contributed by atoms with van der Waals surface area (Å²) in [5.74, 6) is 2.13. The second-order valence-corrected chi connectivity index (χ2v) is 5.51. The molecule has 20 heavy (non-hydrogen) atoms. The zero-order chi connectivity index (χ0) is 14.5. The standard InChI is InChI=1S/C15H19ClN4/c1-10(2)8-17-14-7-15(19-9-18-14)20-13-6-4-5-12(16)11(13)3/h4-7,9-10H,8H2,1-3H3,(H2,17,18,19,20). The summed E-state index contributed by atoms with van der Waals surface area (Å²) in [7, 11) is 0. The minimum atomic E-state index is 0.566. The van der Waals surface area contributed by atoms with Gasteiger partial charge < -0.3 is 10.6 Å². The maximum atomic E-state index is 6.11. The van der Waals surface area contributed by atoms with Crippen molar-refractivity contribution in [2.75, 3.05) is 17.2 Å². The van der Waals surface area contributed by atoms with E-state index < -0.39 is 0 Å². The lowest BCUT2D eigenvalue weighted by Crippen LogP contribution is -2.09. The molecule has 0 spiro atoms. The van der Waals surface area contributed by atoms with Crippen LogP contribution in [-0.4, -0.2) is 16.5 Å². The first kappa shape index (κ1) is 14.6. The Balaban J connectivity index is 2.13. The summed E-state index contributed by atoms with van der Waals surface area (Å²) in [5, 5.41) is 7.28. The summed E-state index contributed by atoms with van der Waals surface area (Å²) >= 11 is 6.11. The van der Waals surface area contributed by atoms with Gasteiger partial charge in [-0.1, -0.05) is 31.5 Å². The zero-order valence-corrected chi connectivity index (χ0v) is 12.7. The Bertz CT molecular complexity index is 584. The molecule has 2 aromatic rings. The van der Waals surface area contributed by atoms with Crippen molar-refractivity contribution in [2.24, 2.45) is 5.92 Å². The minimum absolute atomic E-state index is 0.566. The maximum absolute atomic E-state index is 6.11. The fourth-order valence-electron chi connectivity index (χ4n) is 1.71. The van der Waals surface area contributed by atoms with E-state index in [4.69, 9.17) is 11.6 Å². The van der Waals surface area contributed by atoms with Gasteiger partial charge in [0.1, 0.15) is 18.0 Å². The van der Waals surface area contributed by atoms with Gasteiger partial charge in [0.2, 0.25) is 0 Å². The van der Waals surface area contributed by atoms with Crippen molar-refractivity contribution in [1.82, 2.24) is 9.97 Å². The van der Waals surface area contributed by atoms with Crippen LogP contribution in [0.25, 0.3) is 0 Å². The molecule has 1 heterocycles. The van der Waals surface area contributed by atoms with Crippen molar-refractivity contribution in [1.29, 1.82) is 0 Å². The first-order chi connectivity index (χ1) is 9.56. The van der Waals surface area contributed by atoms with Crippen LogP contribution in [0.4, 0.5) is 17.3 Å². The lowest BCUT2D eigenvalue weighted by Gasteiger charge is -2.12. The molecule has 0 atom stereocenters. The molecule has 5 heteroatoms. The molecule has 0 bridgehead atoms. The summed E-state index contributed by atoms with van der Waals surface area (Å²) in [6.07, 6.45) is 1.55. The van der Waals surface area contributed by atoms with Crippen molar-refractivity contribution < 1.29 is 0 Å². The number of benzene rings is 1. The number of rotatable bonds is 5. The Labute approximate surface area is 124 Å². The highest BCUT2D eigenvalue weighted by Gasteiger charge is 2.04. The summed E-state index contributed by atoms with van der Waals surface area (Å²) in [5.41, 5.74) is 1.95. The van der Waals surface area contributed by atoms with Gasteiger partial charge in [0.25, 0.3) is 0 Å². The molecule has 1 aromatic carbocycles. The Kier molecular flexibility index (Phi) is 4.79. The molecule has 0 saturated carbocycles. The number of hydrogen-bond donors (Lipinski definition) is 2. The van der Waals surface area contributed by atoms with Crippen molar-refractivity contribution in [3.8, 4) is 0 Å². The molecule has 0 amide bonds. The average Bonchev–Trinajstić information content (AvgIpc) is 2.42. The van der Waals surface area contributed by atoms with E-state index in [1.165, 1.54) is 0 Å². The third-order valence-electron chi connectivity index (χ3n) is 2.89. The number of nitrogens with zero attached hydrogens (tertiary/aromatic N) is 2. The molecule has 1 aromatic heterocycles. The fraction of sp³-hybridized carbons (Fsp3) is 0.333. The second-order valence-electron chi connectivity index (χ2n) is 5.10. The van der Waals surface area contributed by atoms with E-state index in [0.29, 0.717) is 5.92 Å². The number of halogens is 1. The Morgan fingerprint density at radius 3 is 2.70 bits per heavy atom. The highest BCUT2D eigenvalue weighted by molar-refractivity contribution is 6.31. The van der Waals surface area contributed by atoms with Gasteiger partial charge in [-0.15, -0.1) is 0 Å². The first-order valence-corrected chi connectivity index (χ1v) is 7.02. The van der Waals surface area contributed by atoms with Gasteiger partial charge in [-0.3, -0.25) is 0 Å². The number of nitrogens with one attached hydrogen (secondary N) is 2. The van der Waals surface area contributed by atoms with E-state index >= 15 is 0 Å². The van der Waals surface area contributed by atoms with Gasteiger partial charge in [-0.05, 0) is 30.5 Å². The first-order valence-electron chi connectivity index (χ1n) is 6.64. The molecule has 2 N–H and O–H groups in total. The van der Waals surface area contributed by atoms with E-state index in [-0.39, 0.29) is 0 Å². The van der Waals surface area contributed by atoms with Crippen LogP contribution >= 0.6 is 11.6 Å². The number of hydrogen-bond acceptors (Lipinski definition) is 4. The molecular formula is C15H19ClN4. The highest BCUT2D eigenvalue weighted by Crippen LogP contribution is 2.25. The van der Waals surface area contributed by atoms with Gasteiger partial charge in [0.05, 0.1) is 0 Å². The third kappa shape index (κ3) is 3.84. The van der Waals surface area contributed by atoms with Crippen molar-refractivity contribution >= 4 is 28.9 Å². The van der Waals surface area contributed by atoms with Crippen LogP contribution in [0, 0.1) is 12.8 Å². The predicted octanol–water partition coefficient (Wildman–Crippen LogP) is 4.25. The second kappa shape index (κ2) is 6.57. The number of anilines is 3. The van der Waals surface area contributed by atoms with Crippen LogP contribution in [0.15, 0.2) is 30.6 Å². The molecule has 0 saturated heterocycles. The smallest absolute Gasteiger partial charge is 0.135 e. The lowest BCUT2D eigenvalue weighted by molar-refractivity contribution is 0.687. The monoisotopic (exact) mass is 290 g/mol. The normalized spacial score (nSPS) is 10.7. The van der Waals surface area contributed by atoms with Crippen LogP contribution in [0.5, 0.6) is 0 Å². The molecule has 4 nitrogen and oxygen atoms in total. The van der Waals surface area contributed by atoms with Crippen LogP contribution in [0.2, 0.25) is 5.02 Å². The molecule has 0 aliphatic carbocycles. The Morgan fingerprint density at radius 1 is 1.20 bits per heavy atom. The van der Waals surface area contributed by atoms with Gasteiger partial charge in [0, 0.05) is 23.3 Å². The summed E-state index contributed by atoms with van der Waals surface area (Å²) in [6.45, 7) is 7.17. The zero-order valence-electron chi connectivity index (χ0n) is 11.9. The predicted molar refractivity (Wildman–Crippen MR) is 84.8 cm³/mol. The summed E-state index contributed by atoms with van der Waals surface area (Å²) in [6, 6.07) is 7.65. The SMILES string of the molecule is Cc1c(Cl)cccc1Nc1cc(NCC(C)C)ncn1. The number of aromatic nitrogens is 2. The molecule has 0 fully saturated rings. The van der Waals surface area contributed by atoms with Crippen LogP contribution in [-0.2, 0) is 0 Å². The van der Waals surface area contributed by atoms with Crippen LogP contribution in [0.3, 0.4) is 0 Å². The largest absolute Gasteiger partial charge is 0.370 e. The van der Waals surface area contributed by atoms with Gasteiger partial charge in [-0.25, -0.2) is 9.97 Å². The molecule has 0 aliphatic heterocycles. The molecule has 0 aliphatic rings. The van der Waals surface area contributed by atoms with Gasteiger partial charge >= 0.3 is 0 Å². The molecule has 0 radical (unpaired) electrons. The minimum Gasteiger partial charge on any atom is -0.370 e. The maximum Gasteiger partial charge on any atom is 0.135 e. The molecular weight excluding hydrogens is 272 g/mol. The van der Waals surface area contributed by atoms with E-state index in [9.17, 15) is 0 Å². The topological polar surface area (TPSA) is 49.8 Å². The van der Waals surface area contributed by atoms with Crippen LogP contribution in [0.1, 0.15) is 19.4 Å². The Hall–Kier alpha value is -1.81. The molecule has 106 valence electrons. The average molecular weight is 291 g/mol. The van der Waals surface area contributed by atoms with E-state index in [1.54, 1.807) is 6.33 Å². The quantitative estimate of drug-likeness (QED) is 0.864. The van der Waals surface area contributed by atoms with Gasteiger partial charge in [-0.2, -0.15) is 0 Å². The summed E-state index contributed by atoms with van der Waals surface area (Å²) < 4.78 is 0. The third-order valence-corrected chi connectivity index (χ3v) is 3.30. The van der Waals surface area contributed by atoms with Gasteiger partial charge in [0.15, 0.2) is 0 Å². The molecule has 0 unspecified atom stereocenters. The van der Waals surface area contributed by atoms with Crippen molar-refractivity contribution in [3.63, 3.8) is 0 Å². The van der Waals surface area contributed by atoms with Crippen LogP contribution < -0.4 is 10.6 Å². The highest BCUT2D eigenvalue weighted by atomic mass is 35.5. The Morgan fingerprint density at radius 2 is 1.95 bits per heavy atom. The molecule has 2 rings (SSSR count). The van der Waals surface area contributed by atoms with Crippen molar-refractivity contribution in [2.45, 2.75) is 20.8 Å². The fourth-order valence-corrected chi connectivity index (χ4v) is 1.89. The van der Waals surface area contributed by atoms with Crippen molar-refractivity contribution in [3.05, 3.63) is 41.2 Å². The van der Waals surface area contributed by atoms with E-state index in [0.717, 1.165) is 34.5 Å². The summed E-state index contributed by atoms with van der Waals surface area (Å²) in [4.78, 5) is 8.43. The van der Waals surface area contributed by atoms with E-state index in [2.05, 4.69) is 34.4 Å². The lowest BCUT2D eigenvalue weighted by atomic mass is 10.2.